The van der Waals surface area contributed by atoms with Gasteiger partial charge in [-0.2, -0.15) is 4.98 Å². The Morgan fingerprint density at radius 1 is 1.60 bits per heavy atom. The number of fused-ring (bicyclic) bond motifs is 1. The molecule has 2 aromatic rings. The molecule has 0 fully saturated rings. The average Bonchev–Trinajstić information content (AvgIpc) is 2.60. The third-order valence-electron chi connectivity index (χ3n) is 2.14. The molecule has 2 rings (SSSR count). The molecule has 1 atom stereocenters. The molecular formula is C7H11N7O. The molecule has 8 nitrogen and oxygen atoms in total. The highest BCUT2D eigenvalue weighted by Gasteiger charge is 2.13. The number of hydrogen-bond donors (Lipinski definition) is 3. The van der Waals surface area contributed by atoms with Crippen LogP contribution in [0.5, 0.6) is 0 Å². The van der Waals surface area contributed by atoms with Crippen molar-refractivity contribution in [3.63, 3.8) is 0 Å². The van der Waals surface area contributed by atoms with Crippen molar-refractivity contribution in [2.45, 2.75) is 13.1 Å². The van der Waals surface area contributed by atoms with Crippen molar-refractivity contribution < 1.29 is 0 Å². The Labute approximate surface area is 84.5 Å². The molecule has 80 valence electrons. The van der Waals surface area contributed by atoms with Gasteiger partial charge >= 0.3 is 0 Å². The van der Waals surface area contributed by atoms with Gasteiger partial charge in [0.05, 0.1) is 0 Å². The van der Waals surface area contributed by atoms with Crippen molar-refractivity contribution in [2.75, 3.05) is 12.8 Å². The summed E-state index contributed by atoms with van der Waals surface area (Å²) in [7, 11) is 1.77. The third kappa shape index (κ3) is 1.44. The summed E-state index contributed by atoms with van der Waals surface area (Å²) in [6.07, 6.45) is -0.108. The van der Waals surface area contributed by atoms with Gasteiger partial charge in [0.1, 0.15) is 6.17 Å². The molecule has 0 bridgehead atoms. The molecule has 0 aliphatic carbocycles. The van der Waals surface area contributed by atoms with E-state index < -0.39 is 0 Å². The van der Waals surface area contributed by atoms with Gasteiger partial charge in [-0.25, -0.2) is 4.68 Å². The first kappa shape index (κ1) is 9.59. The first-order chi connectivity index (χ1) is 7.13. The molecule has 15 heavy (non-hydrogen) atoms. The Hall–Kier alpha value is -1.96. The van der Waals surface area contributed by atoms with Gasteiger partial charge < -0.3 is 5.73 Å². The van der Waals surface area contributed by atoms with Crippen molar-refractivity contribution in [1.82, 2.24) is 30.3 Å². The Morgan fingerprint density at radius 2 is 2.33 bits per heavy atom. The summed E-state index contributed by atoms with van der Waals surface area (Å²) in [6.45, 7) is 1.87. The van der Waals surface area contributed by atoms with E-state index in [1.54, 1.807) is 7.05 Å². The monoisotopic (exact) mass is 209 g/mol. The minimum absolute atomic E-state index is 0.0550. The molecule has 0 radical (unpaired) electrons. The van der Waals surface area contributed by atoms with Gasteiger partial charge in [-0.05, 0) is 14.0 Å². The number of aromatic amines is 1. The van der Waals surface area contributed by atoms with E-state index in [1.165, 1.54) is 4.68 Å². The van der Waals surface area contributed by atoms with E-state index in [1.807, 2.05) is 6.92 Å². The molecule has 0 saturated carbocycles. The van der Waals surface area contributed by atoms with E-state index in [2.05, 4.69) is 25.6 Å². The van der Waals surface area contributed by atoms with Gasteiger partial charge in [0.25, 0.3) is 5.56 Å². The predicted molar refractivity (Wildman–Crippen MR) is 54.1 cm³/mol. The molecule has 0 amide bonds. The largest absolute Gasteiger partial charge is 0.369 e. The quantitative estimate of drug-likeness (QED) is 0.574. The van der Waals surface area contributed by atoms with Gasteiger partial charge in [0.2, 0.25) is 5.95 Å². The smallest absolute Gasteiger partial charge is 0.282 e. The summed E-state index contributed by atoms with van der Waals surface area (Å²) in [5, 5.41) is 10.5. The van der Waals surface area contributed by atoms with E-state index in [0.717, 1.165) is 0 Å². The van der Waals surface area contributed by atoms with Crippen molar-refractivity contribution in [3.05, 3.63) is 10.4 Å². The van der Waals surface area contributed by atoms with Crippen molar-refractivity contribution in [3.8, 4) is 0 Å². The van der Waals surface area contributed by atoms with Gasteiger partial charge in [-0.15, -0.1) is 5.10 Å². The van der Waals surface area contributed by atoms with Crippen LogP contribution in [0.15, 0.2) is 4.79 Å². The zero-order chi connectivity index (χ0) is 11.0. The van der Waals surface area contributed by atoms with Crippen LogP contribution in [0.25, 0.3) is 11.2 Å². The standard InChI is InChI=1S/C7H11N7O/c1-3(9-2)14-5-4(12-13-14)6(15)11-7(8)10-5/h3,9H,1-2H3,(H3,8,10,11,15). The number of aromatic nitrogens is 5. The highest BCUT2D eigenvalue weighted by Crippen LogP contribution is 2.08. The number of hydrogen-bond acceptors (Lipinski definition) is 6. The molecule has 0 aliphatic rings. The molecular weight excluding hydrogens is 198 g/mol. The van der Waals surface area contributed by atoms with Gasteiger partial charge in [-0.1, -0.05) is 5.21 Å². The highest BCUT2D eigenvalue weighted by molar-refractivity contribution is 5.69. The Balaban J connectivity index is 2.74. The minimum Gasteiger partial charge on any atom is -0.369 e. The van der Waals surface area contributed by atoms with E-state index in [-0.39, 0.29) is 23.2 Å². The van der Waals surface area contributed by atoms with E-state index in [4.69, 9.17) is 5.73 Å². The van der Waals surface area contributed by atoms with Crippen molar-refractivity contribution in [1.29, 1.82) is 0 Å². The maximum absolute atomic E-state index is 11.4. The second-order valence-electron chi connectivity index (χ2n) is 3.12. The lowest BCUT2D eigenvalue weighted by molar-refractivity contribution is 0.431. The number of nitrogens with two attached hydrogens (primary N) is 1. The summed E-state index contributed by atoms with van der Waals surface area (Å²) >= 11 is 0. The maximum Gasteiger partial charge on any atom is 0.282 e. The summed E-state index contributed by atoms with van der Waals surface area (Å²) in [6, 6.07) is 0. The van der Waals surface area contributed by atoms with Crippen molar-refractivity contribution in [2.24, 2.45) is 0 Å². The minimum atomic E-state index is -0.382. The van der Waals surface area contributed by atoms with Crippen LogP contribution in [-0.4, -0.2) is 32.0 Å². The normalized spacial score (nSPS) is 13.2. The number of rotatable bonds is 2. The molecule has 1 unspecified atom stereocenters. The summed E-state index contributed by atoms with van der Waals surface area (Å²) in [4.78, 5) is 17.8. The van der Waals surface area contributed by atoms with Crippen LogP contribution >= 0.6 is 0 Å². The SMILES string of the molecule is CNC(C)n1nnc2c(=O)[nH]c(N)nc21. The van der Waals surface area contributed by atoms with Crippen molar-refractivity contribution >= 4 is 17.1 Å². The number of nitrogens with zero attached hydrogens (tertiary/aromatic N) is 4. The second kappa shape index (κ2) is 3.31. The highest BCUT2D eigenvalue weighted by atomic mass is 16.1. The summed E-state index contributed by atoms with van der Waals surface area (Å²) in [5.74, 6) is 0.0550. The fourth-order valence-electron chi connectivity index (χ4n) is 1.24. The maximum atomic E-state index is 11.4. The van der Waals surface area contributed by atoms with Crippen LogP contribution < -0.4 is 16.6 Å². The predicted octanol–water partition coefficient (Wildman–Crippen LogP) is -1.17. The van der Waals surface area contributed by atoms with Crippen LogP contribution in [-0.2, 0) is 0 Å². The fourth-order valence-corrected chi connectivity index (χ4v) is 1.24. The first-order valence-corrected chi connectivity index (χ1v) is 4.41. The van der Waals surface area contributed by atoms with Crippen LogP contribution in [0.4, 0.5) is 5.95 Å². The Morgan fingerprint density at radius 3 is 3.00 bits per heavy atom. The van der Waals surface area contributed by atoms with Gasteiger partial charge in [0, 0.05) is 0 Å². The average molecular weight is 209 g/mol. The molecule has 0 aromatic carbocycles. The summed E-state index contributed by atoms with van der Waals surface area (Å²) in [5.41, 5.74) is 5.62. The van der Waals surface area contributed by atoms with E-state index >= 15 is 0 Å². The molecule has 0 spiro atoms. The number of nitrogens with one attached hydrogen (secondary N) is 2. The van der Waals surface area contributed by atoms with Crippen LogP contribution in [0, 0.1) is 0 Å². The zero-order valence-corrected chi connectivity index (χ0v) is 8.35. The van der Waals surface area contributed by atoms with Crippen LogP contribution in [0.1, 0.15) is 13.1 Å². The number of H-pyrrole nitrogens is 1. The Kier molecular flexibility index (Phi) is 2.12. The lowest BCUT2D eigenvalue weighted by Crippen LogP contribution is -2.22. The lowest BCUT2D eigenvalue weighted by Gasteiger charge is -2.09. The van der Waals surface area contributed by atoms with E-state index in [0.29, 0.717) is 5.65 Å². The molecule has 0 saturated heterocycles. The zero-order valence-electron chi connectivity index (χ0n) is 8.35. The third-order valence-corrected chi connectivity index (χ3v) is 2.14. The van der Waals surface area contributed by atoms with Crippen LogP contribution in [0.2, 0.25) is 0 Å². The number of anilines is 1. The molecule has 4 N–H and O–H groups in total. The lowest BCUT2D eigenvalue weighted by atomic mass is 10.5. The first-order valence-electron chi connectivity index (χ1n) is 4.41. The molecule has 2 heterocycles. The molecule has 2 aromatic heterocycles. The van der Waals surface area contributed by atoms with Crippen LogP contribution in [0.3, 0.4) is 0 Å². The topological polar surface area (TPSA) is 115 Å². The van der Waals surface area contributed by atoms with Gasteiger partial charge in [0.15, 0.2) is 11.2 Å². The number of nitrogen functional groups attached to an aromatic ring is 1. The second-order valence-corrected chi connectivity index (χ2v) is 3.12. The Bertz CT molecular complexity index is 542. The van der Waals surface area contributed by atoms with Gasteiger partial charge in [-0.3, -0.25) is 15.1 Å². The fraction of sp³-hybridized carbons (Fsp3) is 0.429. The van der Waals surface area contributed by atoms with E-state index in [9.17, 15) is 4.79 Å². The molecule has 0 aliphatic heterocycles. The molecule has 8 heteroatoms. The summed E-state index contributed by atoms with van der Waals surface area (Å²) < 4.78 is 1.50.